The second kappa shape index (κ2) is 8.64. The highest BCUT2D eigenvalue weighted by Gasteiger charge is 2.33. The van der Waals surface area contributed by atoms with Crippen molar-refractivity contribution in [2.75, 3.05) is 5.32 Å². The first-order valence-electron chi connectivity index (χ1n) is 8.35. The topological polar surface area (TPSA) is 79.5 Å². The summed E-state index contributed by atoms with van der Waals surface area (Å²) < 4.78 is 44.3. The van der Waals surface area contributed by atoms with Gasteiger partial charge in [0.1, 0.15) is 5.75 Å². The lowest BCUT2D eigenvalue weighted by molar-refractivity contribution is -0.137. The molecule has 2 aromatic rings. The Bertz CT molecular complexity index is 869. The summed E-state index contributed by atoms with van der Waals surface area (Å²) in [5, 5.41) is 2.05. The smallest absolute Gasteiger partial charge is 0.418 e. The van der Waals surface area contributed by atoms with Crippen molar-refractivity contribution in [2.45, 2.75) is 33.1 Å². The first-order valence-corrected chi connectivity index (χ1v) is 8.35. The lowest BCUT2D eigenvalue weighted by Crippen LogP contribution is -2.48. The van der Waals surface area contributed by atoms with E-state index in [1.807, 2.05) is 30.7 Å². The number of anilines is 1. The molecule has 0 unspecified atom stereocenters. The molecule has 1 atom stereocenters. The largest absolute Gasteiger partial charge is 0.481 e. The molecule has 0 saturated carbocycles. The molecule has 3 N–H and O–H groups in total. The summed E-state index contributed by atoms with van der Waals surface area (Å²) in [5.74, 6) is -0.188. The number of carbonyl (C=O) groups is 2. The maximum Gasteiger partial charge on any atom is 0.418 e. The normalized spacial score (nSPS) is 12.1. The Hall–Kier alpha value is -3.23. The van der Waals surface area contributed by atoms with Crippen LogP contribution in [0.1, 0.15) is 23.6 Å². The van der Waals surface area contributed by atoms with E-state index < -0.39 is 35.5 Å². The number of alkyl halides is 3. The van der Waals surface area contributed by atoms with E-state index in [-0.39, 0.29) is 0 Å². The fourth-order valence-electron chi connectivity index (χ4n) is 2.26. The van der Waals surface area contributed by atoms with Gasteiger partial charge in [-0.1, -0.05) is 18.2 Å². The first kappa shape index (κ1) is 21.1. The molecule has 28 heavy (non-hydrogen) atoms. The number of halogens is 3. The molecule has 0 saturated heterocycles. The van der Waals surface area contributed by atoms with Crippen LogP contribution in [-0.2, 0) is 11.0 Å². The van der Waals surface area contributed by atoms with Gasteiger partial charge >= 0.3 is 12.2 Å². The minimum absolute atomic E-state index is 0.429. The Kier molecular flexibility index (Phi) is 6.50. The van der Waals surface area contributed by atoms with E-state index in [0.29, 0.717) is 5.75 Å². The third-order valence-corrected chi connectivity index (χ3v) is 3.94. The van der Waals surface area contributed by atoms with Crippen molar-refractivity contribution < 1.29 is 27.5 Å². The van der Waals surface area contributed by atoms with Crippen molar-refractivity contribution >= 4 is 17.6 Å². The molecule has 6 nitrogen and oxygen atoms in total. The zero-order chi connectivity index (χ0) is 20.9. The highest BCUT2D eigenvalue weighted by molar-refractivity contribution is 5.92. The second-order valence-electron chi connectivity index (χ2n) is 6.12. The van der Waals surface area contributed by atoms with E-state index in [4.69, 9.17) is 4.74 Å². The number of hydrogen-bond donors (Lipinski definition) is 3. The first-order chi connectivity index (χ1) is 13.1. The summed E-state index contributed by atoms with van der Waals surface area (Å²) in [7, 11) is 0. The van der Waals surface area contributed by atoms with Crippen LogP contribution in [0.25, 0.3) is 0 Å². The van der Waals surface area contributed by atoms with Gasteiger partial charge in [0.2, 0.25) is 0 Å². The SMILES string of the molecule is Cc1ccc(O[C@@H](C)C(=O)NNC(=O)Nc2ccccc2C(F)(F)F)cc1C. The van der Waals surface area contributed by atoms with Crippen molar-refractivity contribution in [3.8, 4) is 5.75 Å². The predicted octanol–water partition coefficient (Wildman–Crippen LogP) is 3.94. The van der Waals surface area contributed by atoms with Crippen LogP contribution in [0.15, 0.2) is 42.5 Å². The quantitative estimate of drug-likeness (QED) is 0.686. The van der Waals surface area contributed by atoms with E-state index in [9.17, 15) is 22.8 Å². The average molecular weight is 395 g/mol. The molecule has 0 fully saturated rings. The Morgan fingerprint density at radius 2 is 1.68 bits per heavy atom. The lowest BCUT2D eigenvalue weighted by Gasteiger charge is -2.17. The van der Waals surface area contributed by atoms with Crippen molar-refractivity contribution in [3.63, 3.8) is 0 Å². The van der Waals surface area contributed by atoms with Gasteiger partial charge in [-0.15, -0.1) is 0 Å². The molecular weight excluding hydrogens is 375 g/mol. The Morgan fingerprint density at radius 3 is 2.32 bits per heavy atom. The molecule has 0 bridgehead atoms. The van der Waals surface area contributed by atoms with E-state index >= 15 is 0 Å². The summed E-state index contributed by atoms with van der Waals surface area (Å²) in [6.45, 7) is 5.31. The van der Waals surface area contributed by atoms with Crippen LogP contribution in [0.5, 0.6) is 5.75 Å². The molecule has 0 aliphatic carbocycles. The number of aryl methyl sites for hydroxylation is 2. The second-order valence-corrected chi connectivity index (χ2v) is 6.12. The van der Waals surface area contributed by atoms with Gasteiger partial charge in [-0.05, 0) is 56.2 Å². The standard InChI is InChI=1S/C19H20F3N3O3/c1-11-8-9-14(10-12(11)2)28-13(3)17(26)24-25-18(27)23-16-7-5-4-6-15(16)19(20,21)22/h4-10,13H,1-3H3,(H,24,26)(H2,23,25,27)/t13-/m0/s1. The van der Waals surface area contributed by atoms with E-state index in [1.165, 1.54) is 19.1 Å². The van der Waals surface area contributed by atoms with Crippen LogP contribution < -0.4 is 20.9 Å². The summed E-state index contributed by atoms with van der Waals surface area (Å²) in [6, 6.07) is 8.81. The number of ether oxygens (including phenoxy) is 1. The number of rotatable bonds is 4. The third kappa shape index (κ3) is 5.63. The van der Waals surface area contributed by atoms with Crippen LogP contribution in [0.3, 0.4) is 0 Å². The molecule has 0 spiro atoms. The van der Waals surface area contributed by atoms with Crippen molar-refractivity contribution in [1.82, 2.24) is 10.9 Å². The third-order valence-electron chi connectivity index (χ3n) is 3.94. The van der Waals surface area contributed by atoms with E-state index in [0.717, 1.165) is 23.3 Å². The number of benzene rings is 2. The molecule has 0 heterocycles. The summed E-state index contributed by atoms with van der Waals surface area (Å²) in [6.07, 6.45) is -5.56. The van der Waals surface area contributed by atoms with Crippen LogP contribution in [-0.4, -0.2) is 18.0 Å². The van der Waals surface area contributed by atoms with Crippen LogP contribution in [0, 0.1) is 13.8 Å². The van der Waals surface area contributed by atoms with Crippen molar-refractivity contribution in [3.05, 3.63) is 59.2 Å². The van der Waals surface area contributed by atoms with Crippen LogP contribution in [0.2, 0.25) is 0 Å². The maximum absolute atomic E-state index is 12.9. The Labute approximate surface area is 160 Å². The van der Waals surface area contributed by atoms with Crippen LogP contribution in [0.4, 0.5) is 23.7 Å². The van der Waals surface area contributed by atoms with E-state index in [2.05, 4.69) is 5.43 Å². The molecule has 0 radical (unpaired) electrons. The number of hydrogen-bond acceptors (Lipinski definition) is 3. The van der Waals surface area contributed by atoms with Crippen molar-refractivity contribution in [1.29, 1.82) is 0 Å². The maximum atomic E-state index is 12.9. The van der Waals surface area contributed by atoms with Gasteiger partial charge in [0, 0.05) is 0 Å². The number of carbonyl (C=O) groups excluding carboxylic acids is 2. The highest BCUT2D eigenvalue weighted by Crippen LogP contribution is 2.34. The Balaban J connectivity index is 1.90. The highest BCUT2D eigenvalue weighted by atomic mass is 19.4. The molecule has 0 aromatic heterocycles. The number of nitrogens with one attached hydrogen (secondary N) is 3. The number of hydrazine groups is 1. The lowest BCUT2D eigenvalue weighted by atomic mass is 10.1. The predicted molar refractivity (Wildman–Crippen MR) is 97.7 cm³/mol. The molecule has 2 aromatic carbocycles. The molecule has 3 amide bonds. The van der Waals surface area contributed by atoms with Crippen LogP contribution >= 0.6 is 0 Å². The number of urea groups is 1. The van der Waals surface area contributed by atoms with Gasteiger partial charge < -0.3 is 10.1 Å². The van der Waals surface area contributed by atoms with E-state index in [1.54, 1.807) is 12.1 Å². The minimum atomic E-state index is -4.62. The fourth-order valence-corrected chi connectivity index (χ4v) is 2.26. The summed E-state index contributed by atoms with van der Waals surface area (Å²) in [4.78, 5) is 23.8. The molecule has 0 aliphatic heterocycles. The number of amides is 3. The van der Waals surface area contributed by atoms with Gasteiger partial charge in [-0.3, -0.25) is 10.2 Å². The molecule has 9 heteroatoms. The zero-order valence-electron chi connectivity index (χ0n) is 15.5. The zero-order valence-corrected chi connectivity index (χ0v) is 15.5. The number of para-hydroxylation sites is 1. The summed E-state index contributed by atoms with van der Waals surface area (Å²) >= 11 is 0. The average Bonchev–Trinajstić information content (AvgIpc) is 2.62. The van der Waals surface area contributed by atoms with Crippen molar-refractivity contribution in [2.24, 2.45) is 0 Å². The monoisotopic (exact) mass is 395 g/mol. The van der Waals surface area contributed by atoms with Gasteiger partial charge in [0.05, 0.1) is 11.3 Å². The van der Waals surface area contributed by atoms with Gasteiger partial charge in [-0.25, -0.2) is 10.2 Å². The van der Waals surface area contributed by atoms with Gasteiger partial charge in [-0.2, -0.15) is 13.2 Å². The molecule has 150 valence electrons. The summed E-state index contributed by atoms with van der Waals surface area (Å²) in [5.41, 5.74) is 4.74. The minimum Gasteiger partial charge on any atom is -0.481 e. The molecule has 0 aliphatic rings. The van der Waals surface area contributed by atoms with Gasteiger partial charge in [0.15, 0.2) is 6.10 Å². The van der Waals surface area contributed by atoms with Gasteiger partial charge in [0.25, 0.3) is 5.91 Å². The molecule has 2 rings (SSSR count). The fraction of sp³-hybridized carbons (Fsp3) is 0.263. The molecular formula is C19H20F3N3O3. The Morgan fingerprint density at radius 1 is 1.00 bits per heavy atom.